The van der Waals surface area contributed by atoms with E-state index in [1.165, 1.54) is 29.0 Å². The first kappa shape index (κ1) is 22.3. The zero-order valence-corrected chi connectivity index (χ0v) is 20.1. The van der Waals surface area contributed by atoms with E-state index in [9.17, 15) is 14.4 Å². The minimum atomic E-state index is -1.77. The molecule has 2 aromatic rings. The summed E-state index contributed by atoms with van der Waals surface area (Å²) in [5.74, 6) is -2.35. The molecule has 0 saturated heterocycles. The molecule has 174 valence electrons. The number of para-hydroxylation sites is 1. The van der Waals surface area contributed by atoms with Crippen LogP contribution >= 0.6 is 15.9 Å². The van der Waals surface area contributed by atoms with Crippen LogP contribution in [0.4, 0.5) is 15.8 Å². The van der Waals surface area contributed by atoms with Gasteiger partial charge in [0.15, 0.2) is 5.78 Å². The number of allylic oxidation sites excluding steroid dienone is 1. The van der Waals surface area contributed by atoms with Gasteiger partial charge in [0.25, 0.3) is 0 Å². The van der Waals surface area contributed by atoms with Gasteiger partial charge in [0.1, 0.15) is 22.6 Å². The van der Waals surface area contributed by atoms with Crippen molar-refractivity contribution in [2.24, 2.45) is 5.73 Å². The topological polar surface area (TPSA) is 92.9 Å². The number of halogens is 2. The fourth-order valence-electron chi connectivity index (χ4n) is 5.39. The number of benzene rings is 2. The number of hydrogen-bond acceptors (Lipinski definition) is 6. The van der Waals surface area contributed by atoms with Crippen molar-refractivity contribution >= 4 is 45.0 Å². The van der Waals surface area contributed by atoms with Gasteiger partial charge in [0.2, 0.25) is 5.91 Å². The highest BCUT2D eigenvalue weighted by Crippen LogP contribution is 2.57. The van der Waals surface area contributed by atoms with E-state index in [4.69, 9.17) is 10.5 Å². The molecule has 1 spiro atoms. The number of fused-ring (bicyclic) bond motifs is 3. The average Bonchev–Trinajstić information content (AvgIpc) is 3.03. The minimum absolute atomic E-state index is 0.0752. The van der Waals surface area contributed by atoms with Crippen LogP contribution in [0.2, 0.25) is 0 Å². The summed E-state index contributed by atoms with van der Waals surface area (Å²) in [7, 11) is 2.78. The van der Waals surface area contributed by atoms with Crippen molar-refractivity contribution in [1.82, 2.24) is 0 Å². The largest absolute Gasteiger partial charge is 0.466 e. The standard InChI is InChI=1S/C25H21BrFN3O4/c1-29-16-7-4-3-6-14(16)25(24(29)33)20-18(8-5-9-19(20)31)30(22(28)21(25)23(32)34-2)17-11-10-13(26)12-15(17)27/h3-4,6-7,10-12H,5,8-9,28H2,1-2H3. The van der Waals surface area contributed by atoms with Crippen LogP contribution in [0.5, 0.6) is 0 Å². The molecule has 2 N–H and O–H groups in total. The molecule has 34 heavy (non-hydrogen) atoms. The number of methoxy groups -OCH3 is 1. The molecular formula is C25H21BrFN3O4. The summed E-state index contributed by atoms with van der Waals surface area (Å²) < 4.78 is 20.8. The number of anilines is 2. The molecule has 2 aromatic carbocycles. The Morgan fingerprint density at radius 3 is 2.59 bits per heavy atom. The van der Waals surface area contributed by atoms with Crippen LogP contribution in [0.1, 0.15) is 24.8 Å². The van der Waals surface area contributed by atoms with Crippen molar-refractivity contribution in [3.63, 3.8) is 0 Å². The third kappa shape index (κ3) is 2.76. The van der Waals surface area contributed by atoms with E-state index < -0.39 is 23.1 Å². The van der Waals surface area contributed by atoms with Gasteiger partial charge in [0, 0.05) is 40.5 Å². The van der Waals surface area contributed by atoms with Crippen LogP contribution in [0.25, 0.3) is 0 Å². The first-order chi connectivity index (χ1) is 16.2. The number of carbonyl (C=O) groups is 3. The van der Waals surface area contributed by atoms with E-state index in [0.29, 0.717) is 34.3 Å². The molecule has 1 aliphatic carbocycles. The fraction of sp³-hybridized carbons (Fsp3) is 0.240. The van der Waals surface area contributed by atoms with Gasteiger partial charge in [-0.2, -0.15) is 0 Å². The van der Waals surface area contributed by atoms with Gasteiger partial charge in [-0.25, -0.2) is 9.18 Å². The highest BCUT2D eigenvalue weighted by Gasteiger charge is 2.63. The van der Waals surface area contributed by atoms with Crippen molar-refractivity contribution in [3.05, 3.63) is 81.0 Å². The van der Waals surface area contributed by atoms with Gasteiger partial charge < -0.3 is 15.4 Å². The Bertz CT molecular complexity index is 1350. The summed E-state index contributed by atoms with van der Waals surface area (Å²) in [5, 5.41) is 0. The van der Waals surface area contributed by atoms with Crippen LogP contribution in [0.15, 0.2) is 69.6 Å². The quantitative estimate of drug-likeness (QED) is 0.601. The molecule has 1 unspecified atom stereocenters. The van der Waals surface area contributed by atoms with E-state index >= 15 is 4.39 Å². The first-order valence-corrected chi connectivity index (χ1v) is 11.5. The number of hydrogen-bond donors (Lipinski definition) is 1. The third-order valence-electron chi connectivity index (χ3n) is 6.74. The molecule has 0 bridgehead atoms. The van der Waals surface area contributed by atoms with Crippen LogP contribution in [0, 0.1) is 5.82 Å². The number of nitrogens with two attached hydrogens (primary N) is 1. The second-order valence-electron chi connectivity index (χ2n) is 8.41. The predicted octanol–water partition coefficient (Wildman–Crippen LogP) is 3.67. The summed E-state index contributed by atoms with van der Waals surface area (Å²) in [4.78, 5) is 43.7. The molecule has 0 fully saturated rings. The summed E-state index contributed by atoms with van der Waals surface area (Å²) >= 11 is 3.25. The van der Waals surface area contributed by atoms with Gasteiger partial charge in [0.05, 0.1) is 12.8 Å². The predicted molar refractivity (Wildman–Crippen MR) is 127 cm³/mol. The average molecular weight is 526 g/mol. The third-order valence-corrected chi connectivity index (χ3v) is 7.23. The molecule has 1 atom stereocenters. The van der Waals surface area contributed by atoms with E-state index in [1.54, 1.807) is 37.4 Å². The maximum Gasteiger partial charge on any atom is 0.339 e. The molecule has 3 aliphatic rings. The Morgan fingerprint density at radius 1 is 1.15 bits per heavy atom. The Hall–Kier alpha value is -3.46. The lowest BCUT2D eigenvalue weighted by atomic mass is 9.63. The molecule has 0 radical (unpaired) electrons. The number of amides is 1. The lowest BCUT2D eigenvalue weighted by Crippen LogP contribution is -2.54. The van der Waals surface area contributed by atoms with Crippen molar-refractivity contribution in [2.45, 2.75) is 24.7 Å². The number of ketones is 1. The number of likely N-dealkylation sites (N-methyl/N-ethyl adjacent to an activating group) is 1. The van der Waals surface area contributed by atoms with Crippen LogP contribution in [-0.2, 0) is 24.5 Å². The summed E-state index contributed by atoms with van der Waals surface area (Å²) in [6.07, 6.45) is 1.09. The molecule has 0 saturated carbocycles. The van der Waals surface area contributed by atoms with Gasteiger partial charge >= 0.3 is 5.97 Å². The maximum atomic E-state index is 15.2. The summed E-state index contributed by atoms with van der Waals surface area (Å²) in [5.41, 5.74) is 6.35. The fourth-order valence-corrected chi connectivity index (χ4v) is 5.72. The van der Waals surface area contributed by atoms with Crippen molar-refractivity contribution in [1.29, 1.82) is 0 Å². The second-order valence-corrected chi connectivity index (χ2v) is 9.33. The number of rotatable bonds is 2. The smallest absolute Gasteiger partial charge is 0.339 e. The zero-order chi connectivity index (χ0) is 24.4. The molecular weight excluding hydrogens is 505 g/mol. The van der Waals surface area contributed by atoms with E-state index in [1.807, 2.05) is 0 Å². The maximum absolute atomic E-state index is 15.2. The number of Topliss-reactive ketones (excluding diaryl/α,β-unsaturated/α-hetero) is 1. The van der Waals surface area contributed by atoms with Crippen molar-refractivity contribution in [2.75, 3.05) is 24.0 Å². The van der Waals surface area contributed by atoms with Gasteiger partial charge in [-0.1, -0.05) is 34.1 Å². The normalized spacial score (nSPS) is 21.9. The van der Waals surface area contributed by atoms with Gasteiger partial charge in [-0.15, -0.1) is 0 Å². The SMILES string of the molecule is COC(=O)C1=C(N)N(c2ccc(Br)cc2F)C2=C(C(=O)CCC2)C12C(=O)N(C)c1ccccc12. The second kappa shape index (κ2) is 7.80. The Kier molecular flexibility index (Phi) is 5.12. The van der Waals surface area contributed by atoms with Crippen LogP contribution in [-0.4, -0.2) is 31.8 Å². The lowest BCUT2D eigenvalue weighted by molar-refractivity contribution is -0.138. The monoisotopic (exact) mass is 525 g/mol. The van der Waals surface area contributed by atoms with E-state index in [2.05, 4.69) is 15.9 Å². The molecule has 0 aromatic heterocycles. The highest BCUT2D eigenvalue weighted by molar-refractivity contribution is 9.10. The van der Waals surface area contributed by atoms with Crippen molar-refractivity contribution in [3.8, 4) is 0 Å². The van der Waals surface area contributed by atoms with Crippen LogP contribution < -0.4 is 15.5 Å². The van der Waals surface area contributed by atoms with Gasteiger partial charge in [-0.05, 0) is 37.1 Å². The Labute approximate surface area is 203 Å². The molecule has 2 heterocycles. The molecule has 2 aliphatic heterocycles. The lowest BCUT2D eigenvalue weighted by Gasteiger charge is -2.44. The number of ether oxygens (including phenoxy) is 1. The van der Waals surface area contributed by atoms with Crippen molar-refractivity contribution < 1.29 is 23.5 Å². The highest BCUT2D eigenvalue weighted by atomic mass is 79.9. The summed E-state index contributed by atoms with van der Waals surface area (Å²) in [6, 6.07) is 11.4. The molecule has 1 amide bonds. The number of carbonyl (C=O) groups excluding carboxylic acids is 3. The summed E-state index contributed by atoms with van der Waals surface area (Å²) in [6.45, 7) is 0. The Balaban J connectivity index is 1.93. The van der Waals surface area contributed by atoms with E-state index in [0.717, 1.165) is 0 Å². The van der Waals surface area contributed by atoms with E-state index in [-0.39, 0.29) is 34.9 Å². The molecule has 7 nitrogen and oxygen atoms in total. The zero-order valence-electron chi connectivity index (χ0n) is 18.5. The number of esters is 1. The first-order valence-electron chi connectivity index (χ1n) is 10.7. The van der Waals surface area contributed by atoms with Gasteiger partial charge in [-0.3, -0.25) is 14.5 Å². The molecule has 9 heteroatoms. The number of nitrogens with zero attached hydrogens (tertiary/aromatic N) is 2. The Morgan fingerprint density at radius 2 is 1.88 bits per heavy atom. The van der Waals surface area contributed by atoms with Crippen LogP contribution in [0.3, 0.4) is 0 Å². The minimum Gasteiger partial charge on any atom is -0.466 e. The molecule has 5 rings (SSSR count).